The third kappa shape index (κ3) is 1.52. The van der Waals surface area contributed by atoms with Crippen molar-refractivity contribution in [2.24, 2.45) is 0 Å². The fraction of sp³-hybridized carbons (Fsp3) is 0.0833. The van der Waals surface area contributed by atoms with Gasteiger partial charge in [-0.05, 0) is 30.7 Å². The van der Waals surface area contributed by atoms with Gasteiger partial charge in [-0.1, -0.05) is 6.58 Å². The lowest BCUT2D eigenvalue weighted by molar-refractivity contribution is 0.477. The summed E-state index contributed by atoms with van der Waals surface area (Å²) in [4.78, 5) is 0. The third-order valence-corrected chi connectivity index (χ3v) is 2.25. The summed E-state index contributed by atoms with van der Waals surface area (Å²) in [6.45, 7) is 5.69. The van der Waals surface area contributed by atoms with Crippen LogP contribution in [-0.4, -0.2) is 5.11 Å². The molecule has 0 atom stereocenters. The second kappa shape index (κ2) is 3.28. The van der Waals surface area contributed by atoms with E-state index in [0.29, 0.717) is 11.0 Å². The van der Waals surface area contributed by atoms with Crippen LogP contribution in [0.5, 0.6) is 5.75 Å². The zero-order valence-electron chi connectivity index (χ0n) is 8.37. The normalized spacial score (nSPS) is 10.5. The number of nitrogens with one attached hydrogen (secondary N) is 1. The summed E-state index contributed by atoms with van der Waals surface area (Å²) < 4.78 is 5.28. The Labute approximate surface area is 86.8 Å². The monoisotopic (exact) mass is 201 g/mol. The second-order valence-electron chi connectivity index (χ2n) is 3.46. The molecule has 15 heavy (non-hydrogen) atoms. The van der Waals surface area contributed by atoms with Gasteiger partial charge < -0.3 is 9.52 Å². The Bertz CT molecular complexity index is 596. The van der Waals surface area contributed by atoms with Crippen LogP contribution in [0.3, 0.4) is 0 Å². The van der Waals surface area contributed by atoms with Gasteiger partial charge in [0.2, 0.25) is 5.55 Å². The molecule has 2 rings (SSSR count). The Morgan fingerprint density at radius 3 is 2.73 bits per heavy atom. The van der Waals surface area contributed by atoms with E-state index >= 15 is 0 Å². The molecule has 0 aliphatic carbocycles. The largest absolute Gasteiger partial charge is 0.507 e. The number of phenols is 1. The lowest BCUT2D eigenvalue weighted by atomic mass is 10.1. The molecule has 0 saturated heterocycles. The van der Waals surface area contributed by atoms with Crippen LogP contribution < -0.4 is 5.55 Å². The van der Waals surface area contributed by atoms with Crippen LogP contribution >= 0.6 is 0 Å². The van der Waals surface area contributed by atoms with Crippen molar-refractivity contribution in [2.45, 2.75) is 6.92 Å². The van der Waals surface area contributed by atoms with E-state index in [9.17, 15) is 5.11 Å². The Kier molecular flexibility index (Phi) is 2.08. The van der Waals surface area contributed by atoms with E-state index in [1.165, 1.54) is 6.07 Å². The summed E-state index contributed by atoms with van der Waals surface area (Å²) in [5.74, 6) is 0.152. The number of hydrogen-bond acceptors (Lipinski definition) is 3. The maximum atomic E-state index is 9.62. The van der Waals surface area contributed by atoms with Gasteiger partial charge in [0.25, 0.3) is 0 Å². The lowest BCUT2D eigenvalue weighted by Gasteiger charge is -2.05. The highest BCUT2D eigenvalue weighted by atomic mass is 16.3. The van der Waals surface area contributed by atoms with Gasteiger partial charge in [0.1, 0.15) is 11.3 Å². The Morgan fingerprint density at radius 1 is 1.33 bits per heavy atom. The molecule has 1 aromatic carbocycles. The topological polar surface area (TPSA) is 57.2 Å². The molecule has 0 unspecified atom stereocenters. The highest BCUT2D eigenvalue weighted by Crippen LogP contribution is 2.29. The second-order valence-corrected chi connectivity index (χ2v) is 3.46. The third-order valence-electron chi connectivity index (χ3n) is 2.25. The van der Waals surface area contributed by atoms with Crippen molar-refractivity contribution in [2.75, 3.05) is 0 Å². The van der Waals surface area contributed by atoms with E-state index in [4.69, 9.17) is 9.83 Å². The van der Waals surface area contributed by atoms with Crippen LogP contribution in [0.25, 0.3) is 16.5 Å². The number of hydrogen-bond donors (Lipinski definition) is 2. The van der Waals surface area contributed by atoms with Crippen molar-refractivity contribution >= 4 is 16.5 Å². The Hall–Kier alpha value is -2.03. The number of allylic oxidation sites excluding steroid dienone is 1. The minimum atomic E-state index is 0.0654. The lowest BCUT2D eigenvalue weighted by Crippen LogP contribution is -1.96. The first-order valence-electron chi connectivity index (χ1n) is 4.56. The summed E-state index contributed by atoms with van der Waals surface area (Å²) in [7, 11) is 0. The molecule has 3 nitrogen and oxygen atoms in total. The predicted octanol–water partition coefficient (Wildman–Crippen LogP) is 2.65. The summed E-state index contributed by atoms with van der Waals surface area (Å²) in [5, 5.41) is 17.6. The number of phenolic OH excluding ortho intramolecular Hbond substituents is 1. The molecular formula is C12H11NO2. The minimum absolute atomic E-state index is 0.0654. The van der Waals surface area contributed by atoms with Crippen molar-refractivity contribution in [3.05, 3.63) is 42.0 Å². The van der Waals surface area contributed by atoms with Crippen molar-refractivity contribution in [1.82, 2.24) is 0 Å². The minimum Gasteiger partial charge on any atom is -0.507 e. The highest BCUT2D eigenvalue weighted by Gasteiger charge is 2.07. The molecule has 2 N–H and O–H groups in total. The molecule has 3 heteroatoms. The molecule has 0 fully saturated rings. The van der Waals surface area contributed by atoms with Gasteiger partial charge in [-0.15, -0.1) is 0 Å². The van der Waals surface area contributed by atoms with Crippen molar-refractivity contribution in [3.8, 4) is 5.75 Å². The van der Waals surface area contributed by atoms with E-state index in [1.54, 1.807) is 18.2 Å². The van der Waals surface area contributed by atoms with E-state index < -0.39 is 0 Å². The summed E-state index contributed by atoms with van der Waals surface area (Å²) in [5.41, 5.74) is 2.23. The fourth-order valence-corrected chi connectivity index (χ4v) is 1.50. The predicted molar refractivity (Wildman–Crippen MR) is 58.4 cm³/mol. The average molecular weight is 201 g/mol. The molecule has 0 aliphatic rings. The summed E-state index contributed by atoms with van der Waals surface area (Å²) in [6.07, 6.45) is 0. The molecular weight excluding hydrogens is 190 g/mol. The maximum absolute atomic E-state index is 9.62. The van der Waals surface area contributed by atoms with Crippen LogP contribution in [0.2, 0.25) is 0 Å². The van der Waals surface area contributed by atoms with E-state index in [1.807, 2.05) is 6.92 Å². The number of aromatic hydroxyl groups is 1. The van der Waals surface area contributed by atoms with Crippen molar-refractivity contribution in [1.29, 1.82) is 5.41 Å². The Morgan fingerprint density at radius 2 is 2.07 bits per heavy atom. The maximum Gasteiger partial charge on any atom is 0.211 e. The number of rotatable bonds is 1. The quantitative estimate of drug-likeness (QED) is 0.745. The van der Waals surface area contributed by atoms with Crippen molar-refractivity contribution in [3.63, 3.8) is 0 Å². The van der Waals surface area contributed by atoms with Gasteiger partial charge in [-0.3, -0.25) is 5.41 Å². The fourth-order valence-electron chi connectivity index (χ4n) is 1.50. The molecule has 1 aromatic heterocycles. The first kappa shape index (κ1) is 9.52. The Balaban J connectivity index is 2.96. The van der Waals surface area contributed by atoms with Gasteiger partial charge in [0, 0.05) is 11.6 Å². The van der Waals surface area contributed by atoms with Gasteiger partial charge in [-0.2, -0.15) is 0 Å². The van der Waals surface area contributed by atoms with Crippen LogP contribution in [0, 0.1) is 5.41 Å². The van der Waals surface area contributed by atoms with Gasteiger partial charge in [0.05, 0.1) is 5.39 Å². The molecule has 0 amide bonds. The smallest absolute Gasteiger partial charge is 0.211 e. The van der Waals surface area contributed by atoms with Crippen LogP contribution in [0.1, 0.15) is 12.5 Å². The van der Waals surface area contributed by atoms with Gasteiger partial charge in [-0.25, -0.2) is 0 Å². The van der Waals surface area contributed by atoms with E-state index in [-0.39, 0.29) is 11.3 Å². The molecule has 0 saturated carbocycles. The molecule has 0 radical (unpaired) electrons. The van der Waals surface area contributed by atoms with Gasteiger partial charge in [0.15, 0.2) is 0 Å². The zero-order chi connectivity index (χ0) is 11.0. The molecule has 0 aliphatic heterocycles. The van der Waals surface area contributed by atoms with E-state index in [2.05, 4.69) is 6.58 Å². The summed E-state index contributed by atoms with van der Waals surface area (Å²) >= 11 is 0. The van der Waals surface area contributed by atoms with Gasteiger partial charge >= 0.3 is 0 Å². The first-order chi connectivity index (χ1) is 7.09. The first-order valence-corrected chi connectivity index (χ1v) is 4.56. The van der Waals surface area contributed by atoms with Crippen LogP contribution in [-0.2, 0) is 0 Å². The van der Waals surface area contributed by atoms with E-state index in [0.717, 1.165) is 11.1 Å². The van der Waals surface area contributed by atoms with Crippen molar-refractivity contribution < 1.29 is 9.52 Å². The zero-order valence-corrected chi connectivity index (χ0v) is 8.37. The molecule has 0 spiro atoms. The highest BCUT2D eigenvalue weighted by molar-refractivity contribution is 5.92. The SMILES string of the molecule is C=C(C)c1ccc(O)c2ccc(=N)oc12. The molecule has 0 bridgehead atoms. The van der Waals surface area contributed by atoms with Crippen LogP contribution in [0.15, 0.2) is 35.3 Å². The summed E-state index contributed by atoms with van der Waals surface area (Å²) in [6, 6.07) is 6.52. The average Bonchev–Trinajstić information content (AvgIpc) is 2.17. The molecule has 76 valence electrons. The van der Waals surface area contributed by atoms with Crippen LogP contribution in [0.4, 0.5) is 0 Å². The number of benzene rings is 1. The molecule has 2 aromatic rings. The number of fused-ring (bicyclic) bond motifs is 1. The molecule has 1 heterocycles. The standard InChI is InChI=1S/C12H11NO2/c1-7(2)8-3-5-10(14)9-4-6-11(13)15-12(8)9/h3-6,13-14H,1H2,2H3.